The molecular weight excluding hydrogens is 370 g/mol. The van der Waals surface area contributed by atoms with E-state index in [4.69, 9.17) is 4.74 Å². The van der Waals surface area contributed by atoms with E-state index >= 15 is 0 Å². The zero-order chi connectivity index (χ0) is 19.6. The number of rotatable bonds is 6. The van der Waals surface area contributed by atoms with E-state index in [1.165, 1.54) is 12.1 Å². The molecule has 2 heterocycles. The molecule has 1 atom stereocenters. The number of amides is 2. The highest BCUT2D eigenvalue weighted by Gasteiger charge is 2.31. The predicted octanol–water partition coefficient (Wildman–Crippen LogP) is 0.733. The zero-order valence-electron chi connectivity index (χ0n) is 15.5. The molecule has 3 rings (SSSR count). The smallest absolute Gasteiger partial charge is 0.241 e. The lowest BCUT2D eigenvalue weighted by molar-refractivity contribution is -0.137. The maximum Gasteiger partial charge on any atom is 0.241 e. The molecule has 0 unspecified atom stereocenters. The first-order chi connectivity index (χ1) is 12.8. The number of carbonyl (C=O) groups excluding carboxylic acids is 2. The van der Waals surface area contributed by atoms with Gasteiger partial charge in [-0.3, -0.25) is 9.59 Å². The molecule has 0 saturated carbocycles. The minimum absolute atomic E-state index is 0.0567. The first-order valence-electron chi connectivity index (χ1n) is 9.08. The Kier molecular flexibility index (Phi) is 5.83. The molecule has 2 amide bonds. The third-order valence-corrected chi connectivity index (χ3v) is 6.11. The van der Waals surface area contributed by atoms with Gasteiger partial charge in [-0.25, -0.2) is 8.42 Å². The van der Waals surface area contributed by atoms with Gasteiger partial charge in [0.05, 0.1) is 24.5 Å². The Balaban J connectivity index is 1.80. The van der Waals surface area contributed by atoms with Gasteiger partial charge in [-0.2, -0.15) is 4.72 Å². The third-order valence-electron chi connectivity index (χ3n) is 4.64. The minimum atomic E-state index is -3.90. The fourth-order valence-electron chi connectivity index (χ4n) is 3.30. The van der Waals surface area contributed by atoms with E-state index in [2.05, 4.69) is 10.0 Å². The van der Waals surface area contributed by atoms with Crippen molar-refractivity contribution in [3.8, 4) is 0 Å². The van der Waals surface area contributed by atoms with E-state index in [0.29, 0.717) is 44.0 Å². The van der Waals surface area contributed by atoms with Crippen molar-refractivity contribution in [1.82, 2.24) is 9.62 Å². The summed E-state index contributed by atoms with van der Waals surface area (Å²) in [4.78, 5) is 26.0. The lowest BCUT2D eigenvalue weighted by Crippen LogP contribution is -2.52. The van der Waals surface area contributed by atoms with Crippen LogP contribution in [0.2, 0.25) is 0 Å². The molecule has 1 saturated heterocycles. The van der Waals surface area contributed by atoms with Crippen molar-refractivity contribution in [3.05, 3.63) is 23.8 Å². The third kappa shape index (κ3) is 4.66. The molecule has 2 aliphatic heterocycles. The number of benzene rings is 1. The van der Waals surface area contributed by atoms with E-state index in [1.807, 2.05) is 13.8 Å². The molecule has 9 heteroatoms. The topological polar surface area (TPSA) is 105 Å². The number of sulfonamides is 1. The molecule has 0 aromatic heterocycles. The second-order valence-corrected chi connectivity index (χ2v) is 9.00. The molecule has 0 spiro atoms. The van der Waals surface area contributed by atoms with Gasteiger partial charge in [-0.05, 0) is 36.1 Å². The summed E-state index contributed by atoms with van der Waals surface area (Å²) in [5.41, 5.74) is 1.27. The summed E-state index contributed by atoms with van der Waals surface area (Å²) in [6, 6.07) is 3.68. The molecule has 148 valence electrons. The normalized spacial score (nSPS) is 18.3. The van der Waals surface area contributed by atoms with E-state index < -0.39 is 16.1 Å². The molecule has 0 bridgehead atoms. The summed E-state index contributed by atoms with van der Waals surface area (Å²) in [5, 5.41) is 2.68. The lowest BCUT2D eigenvalue weighted by atomic mass is 10.0. The van der Waals surface area contributed by atoms with Gasteiger partial charge in [0.1, 0.15) is 6.04 Å². The Labute approximate surface area is 159 Å². The van der Waals surface area contributed by atoms with E-state index in [1.54, 1.807) is 11.0 Å². The van der Waals surface area contributed by atoms with Crippen molar-refractivity contribution >= 4 is 27.5 Å². The Hall–Kier alpha value is -1.97. The first kappa shape index (κ1) is 19.8. The van der Waals surface area contributed by atoms with Crippen LogP contribution in [0.4, 0.5) is 5.69 Å². The molecule has 8 nitrogen and oxygen atoms in total. The van der Waals surface area contributed by atoms with Crippen LogP contribution in [0.25, 0.3) is 0 Å². The lowest BCUT2D eigenvalue weighted by Gasteiger charge is -2.31. The quantitative estimate of drug-likeness (QED) is 0.739. The van der Waals surface area contributed by atoms with Gasteiger partial charge in [-0.15, -0.1) is 0 Å². The van der Waals surface area contributed by atoms with Gasteiger partial charge in [-0.1, -0.05) is 13.8 Å². The minimum Gasteiger partial charge on any atom is -0.378 e. The van der Waals surface area contributed by atoms with Crippen LogP contribution < -0.4 is 10.0 Å². The van der Waals surface area contributed by atoms with Crippen LogP contribution >= 0.6 is 0 Å². The number of nitrogens with one attached hydrogen (secondary N) is 2. The van der Waals surface area contributed by atoms with Gasteiger partial charge in [0.2, 0.25) is 21.8 Å². The fraction of sp³-hybridized carbons (Fsp3) is 0.556. The highest BCUT2D eigenvalue weighted by Crippen LogP contribution is 2.26. The van der Waals surface area contributed by atoms with Crippen LogP contribution in [0.1, 0.15) is 25.8 Å². The van der Waals surface area contributed by atoms with Gasteiger partial charge in [0, 0.05) is 18.8 Å². The monoisotopic (exact) mass is 395 g/mol. The van der Waals surface area contributed by atoms with Crippen molar-refractivity contribution < 1.29 is 22.7 Å². The number of nitrogens with zero attached hydrogens (tertiary/aromatic N) is 1. The average Bonchev–Trinajstić information content (AvgIpc) is 3.00. The molecular formula is C18H25N3O5S. The molecule has 0 radical (unpaired) electrons. The Morgan fingerprint density at radius 1 is 1.30 bits per heavy atom. The van der Waals surface area contributed by atoms with Crippen LogP contribution in [0, 0.1) is 5.92 Å². The molecule has 2 N–H and O–H groups in total. The number of hydrogen-bond donors (Lipinski definition) is 2. The van der Waals surface area contributed by atoms with Crippen molar-refractivity contribution in [3.63, 3.8) is 0 Å². The standard InChI is InChI=1S/C18H25N3O5S/c1-12(2)9-16(18(23)21-5-7-26-8-6-21)20-27(24,25)14-3-4-15-13(10-14)11-17(22)19-15/h3-4,10,12,16,20H,5-9,11H2,1-2H3,(H,19,22)/t16-/m0/s1. The van der Waals surface area contributed by atoms with E-state index in [9.17, 15) is 18.0 Å². The summed E-state index contributed by atoms with van der Waals surface area (Å²) < 4.78 is 33.6. The average molecular weight is 395 g/mol. The van der Waals surface area contributed by atoms with E-state index in [0.717, 1.165) is 0 Å². The number of hydrogen-bond acceptors (Lipinski definition) is 5. The summed E-state index contributed by atoms with van der Waals surface area (Å²) in [6.07, 6.45) is 0.557. The maximum absolute atomic E-state index is 12.9. The molecule has 2 aliphatic rings. The summed E-state index contributed by atoms with van der Waals surface area (Å²) in [6.45, 7) is 5.72. The maximum atomic E-state index is 12.9. The van der Waals surface area contributed by atoms with Gasteiger partial charge < -0.3 is 15.0 Å². The SMILES string of the molecule is CC(C)C[C@H](NS(=O)(=O)c1ccc2c(c1)CC(=O)N2)C(=O)N1CCOCC1. The number of anilines is 1. The molecule has 0 aliphatic carbocycles. The van der Waals surface area contributed by atoms with Gasteiger partial charge in [0.25, 0.3) is 0 Å². The summed E-state index contributed by atoms with van der Waals surface area (Å²) in [5.74, 6) is -0.245. The van der Waals surface area contributed by atoms with Gasteiger partial charge >= 0.3 is 0 Å². The highest BCUT2D eigenvalue weighted by atomic mass is 32.2. The van der Waals surface area contributed by atoms with Gasteiger partial charge in [0.15, 0.2) is 0 Å². The Morgan fingerprint density at radius 3 is 2.67 bits per heavy atom. The van der Waals surface area contributed by atoms with Crippen molar-refractivity contribution in [2.45, 2.75) is 37.6 Å². The van der Waals surface area contributed by atoms with Crippen LogP contribution in [0.15, 0.2) is 23.1 Å². The summed E-state index contributed by atoms with van der Waals surface area (Å²) >= 11 is 0. The largest absolute Gasteiger partial charge is 0.378 e. The van der Waals surface area contributed by atoms with Crippen LogP contribution in [-0.2, 0) is 30.8 Å². The first-order valence-corrected chi connectivity index (χ1v) is 10.6. The molecule has 27 heavy (non-hydrogen) atoms. The van der Waals surface area contributed by atoms with Crippen molar-refractivity contribution in [2.75, 3.05) is 31.6 Å². The summed E-state index contributed by atoms with van der Waals surface area (Å²) in [7, 11) is -3.90. The van der Waals surface area contributed by atoms with Crippen LogP contribution in [0.3, 0.4) is 0 Å². The van der Waals surface area contributed by atoms with Crippen LogP contribution in [0.5, 0.6) is 0 Å². The predicted molar refractivity (Wildman–Crippen MR) is 99.7 cm³/mol. The van der Waals surface area contributed by atoms with Crippen molar-refractivity contribution in [1.29, 1.82) is 0 Å². The van der Waals surface area contributed by atoms with Crippen molar-refractivity contribution in [2.24, 2.45) is 5.92 Å². The number of fused-ring (bicyclic) bond motifs is 1. The van der Waals surface area contributed by atoms with Crippen LogP contribution in [-0.4, -0.2) is 57.5 Å². The van der Waals surface area contributed by atoms with E-state index in [-0.39, 0.29) is 29.0 Å². The Morgan fingerprint density at radius 2 is 2.00 bits per heavy atom. The number of carbonyl (C=O) groups is 2. The highest BCUT2D eigenvalue weighted by molar-refractivity contribution is 7.89. The molecule has 1 fully saturated rings. The number of morpholine rings is 1. The fourth-order valence-corrected chi connectivity index (χ4v) is 4.56. The zero-order valence-corrected chi connectivity index (χ0v) is 16.3. The second-order valence-electron chi connectivity index (χ2n) is 7.28. The second kappa shape index (κ2) is 7.95. The molecule has 1 aromatic carbocycles. The molecule has 1 aromatic rings. The Bertz CT molecular complexity index is 831. The number of ether oxygens (including phenoxy) is 1.